The van der Waals surface area contributed by atoms with E-state index in [2.05, 4.69) is 25.9 Å². The fourth-order valence-electron chi connectivity index (χ4n) is 1.60. The van der Waals surface area contributed by atoms with E-state index in [1.807, 2.05) is 24.3 Å². The van der Waals surface area contributed by atoms with Gasteiger partial charge in [-0.2, -0.15) is 0 Å². The fraction of sp³-hybridized carbons (Fsp3) is 0.286. The molecule has 1 aromatic heterocycles. The summed E-state index contributed by atoms with van der Waals surface area (Å²) in [7, 11) is 0. The maximum Gasteiger partial charge on any atom is 0.167 e. The Morgan fingerprint density at radius 1 is 1.28 bits per heavy atom. The van der Waals surface area contributed by atoms with Crippen molar-refractivity contribution >= 4 is 5.84 Å². The molecule has 0 saturated heterocycles. The van der Waals surface area contributed by atoms with E-state index in [1.165, 1.54) is 0 Å². The third-order valence-corrected chi connectivity index (χ3v) is 2.74. The summed E-state index contributed by atoms with van der Waals surface area (Å²) in [5.41, 5.74) is 7.90. The van der Waals surface area contributed by atoms with Crippen LogP contribution in [0.2, 0.25) is 0 Å². The maximum atomic E-state index is 7.43. The van der Waals surface area contributed by atoms with Crippen LogP contribution in [0.3, 0.4) is 0 Å². The fourth-order valence-corrected chi connectivity index (χ4v) is 1.60. The number of amidine groups is 1. The summed E-state index contributed by atoms with van der Waals surface area (Å²) in [5.74, 6) is 0.746. The van der Waals surface area contributed by atoms with Crippen molar-refractivity contribution in [3.63, 3.8) is 0 Å². The van der Waals surface area contributed by atoms with Crippen molar-refractivity contribution in [2.75, 3.05) is 0 Å². The molecule has 0 fully saturated rings. The minimum absolute atomic E-state index is 0.0417. The molecule has 0 spiro atoms. The molecule has 94 valence electrons. The van der Waals surface area contributed by atoms with Crippen LogP contribution >= 0.6 is 0 Å². The van der Waals surface area contributed by atoms with Crippen LogP contribution in [-0.4, -0.2) is 11.0 Å². The first-order chi connectivity index (χ1) is 8.38. The highest BCUT2D eigenvalue weighted by Crippen LogP contribution is 2.27. The molecule has 0 amide bonds. The van der Waals surface area contributed by atoms with Crippen LogP contribution < -0.4 is 5.73 Å². The summed E-state index contributed by atoms with van der Waals surface area (Å²) >= 11 is 0. The highest BCUT2D eigenvalue weighted by Gasteiger charge is 2.19. The first-order valence-electron chi connectivity index (χ1n) is 5.80. The minimum atomic E-state index is -0.0417. The molecule has 1 heterocycles. The van der Waals surface area contributed by atoms with Gasteiger partial charge in [0.25, 0.3) is 0 Å². The van der Waals surface area contributed by atoms with E-state index < -0.39 is 0 Å². The second-order valence-electron chi connectivity index (χ2n) is 5.32. The summed E-state index contributed by atoms with van der Waals surface area (Å²) in [6.07, 6.45) is 0. The van der Waals surface area contributed by atoms with Crippen molar-refractivity contribution in [2.24, 2.45) is 5.73 Å². The lowest BCUT2D eigenvalue weighted by Crippen LogP contribution is -2.11. The zero-order valence-corrected chi connectivity index (χ0v) is 10.8. The molecule has 0 unspecified atom stereocenters. The van der Waals surface area contributed by atoms with Crippen LogP contribution in [0, 0.1) is 5.41 Å². The van der Waals surface area contributed by atoms with Gasteiger partial charge in [-0.15, -0.1) is 0 Å². The maximum absolute atomic E-state index is 7.43. The van der Waals surface area contributed by atoms with Gasteiger partial charge in [0.15, 0.2) is 5.76 Å². The van der Waals surface area contributed by atoms with Crippen LogP contribution in [0.4, 0.5) is 0 Å². The molecular weight excluding hydrogens is 226 g/mol. The second-order valence-corrected chi connectivity index (χ2v) is 5.32. The molecule has 0 aliphatic rings. The Morgan fingerprint density at radius 2 is 2.00 bits per heavy atom. The van der Waals surface area contributed by atoms with Crippen LogP contribution in [0.15, 0.2) is 34.9 Å². The standard InChI is InChI=1S/C14H17N3O/c1-14(2,3)12-8-11(18-17-12)9-5-4-6-10(7-9)13(15)16/h4-8H,1-3H3,(H3,15,16). The topological polar surface area (TPSA) is 75.9 Å². The van der Waals surface area contributed by atoms with Gasteiger partial charge in [-0.1, -0.05) is 44.1 Å². The van der Waals surface area contributed by atoms with Crippen molar-refractivity contribution in [3.8, 4) is 11.3 Å². The lowest BCUT2D eigenvalue weighted by atomic mass is 9.92. The van der Waals surface area contributed by atoms with Gasteiger partial charge in [0, 0.05) is 22.6 Å². The number of aromatic nitrogens is 1. The molecule has 2 rings (SSSR count). The number of nitrogen functional groups attached to an aromatic ring is 1. The highest BCUT2D eigenvalue weighted by atomic mass is 16.5. The van der Waals surface area contributed by atoms with Crippen LogP contribution in [0.5, 0.6) is 0 Å². The molecule has 1 aromatic carbocycles. The molecule has 2 aromatic rings. The monoisotopic (exact) mass is 243 g/mol. The van der Waals surface area contributed by atoms with Crippen LogP contribution in [-0.2, 0) is 5.41 Å². The Bertz CT molecular complexity index is 579. The Hall–Kier alpha value is -2.10. The van der Waals surface area contributed by atoms with E-state index in [0.717, 1.165) is 11.3 Å². The molecule has 0 aliphatic carbocycles. The number of hydrogen-bond donors (Lipinski definition) is 2. The SMILES string of the molecule is CC(C)(C)c1cc(-c2cccc(C(=N)N)c2)on1. The molecule has 0 radical (unpaired) electrons. The second kappa shape index (κ2) is 4.29. The number of benzene rings is 1. The van der Waals surface area contributed by atoms with Crippen molar-refractivity contribution in [3.05, 3.63) is 41.6 Å². The Morgan fingerprint density at radius 3 is 2.56 bits per heavy atom. The van der Waals surface area contributed by atoms with E-state index in [4.69, 9.17) is 15.7 Å². The molecule has 0 aliphatic heterocycles. The zero-order chi connectivity index (χ0) is 13.3. The third-order valence-electron chi connectivity index (χ3n) is 2.74. The van der Waals surface area contributed by atoms with Gasteiger partial charge in [-0.05, 0) is 6.07 Å². The summed E-state index contributed by atoms with van der Waals surface area (Å²) < 4.78 is 5.35. The van der Waals surface area contributed by atoms with Gasteiger partial charge in [-0.3, -0.25) is 5.41 Å². The van der Waals surface area contributed by atoms with Crippen molar-refractivity contribution in [2.45, 2.75) is 26.2 Å². The van der Waals surface area contributed by atoms with E-state index >= 15 is 0 Å². The number of hydrogen-bond acceptors (Lipinski definition) is 3. The van der Waals surface area contributed by atoms with E-state index in [9.17, 15) is 0 Å². The zero-order valence-electron chi connectivity index (χ0n) is 10.8. The lowest BCUT2D eigenvalue weighted by Gasteiger charge is -2.12. The van der Waals surface area contributed by atoms with Gasteiger partial charge >= 0.3 is 0 Å². The van der Waals surface area contributed by atoms with Crippen LogP contribution in [0.1, 0.15) is 32.0 Å². The molecule has 3 N–H and O–H groups in total. The Labute approximate surface area is 106 Å². The molecule has 0 bridgehead atoms. The van der Waals surface area contributed by atoms with Crippen molar-refractivity contribution in [1.29, 1.82) is 5.41 Å². The van der Waals surface area contributed by atoms with Gasteiger partial charge in [0.1, 0.15) is 5.84 Å². The van der Waals surface area contributed by atoms with Gasteiger partial charge < -0.3 is 10.3 Å². The van der Waals surface area contributed by atoms with E-state index in [0.29, 0.717) is 11.3 Å². The molecular formula is C14H17N3O. The number of nitrogens with one attached hydrogen (secondary N) is 1. The summed E-state index contributed by atoms with van der Waals surface area (Å²) in [4.78, 5) is 0. The highest BCUT2D eigenvalue weighted by molar-refractivity contribution is 5.95. The van der Waals surface area contributed by atoms with E-state index in [-0.39, 0.29) is 11.3 Å². The average Bonchev–Trinajstić information content (AvgIpc) is 2.78. The van der Waals surface area contributed by atoms with Crippen molar-refractivity contribution in [1.82, 2.24) is 5.16 Å². The first kappa shape index (κ1) is 12.4. The number of nitrogens with two attached hydrogens (primary N) is 1. The molecule has 4 nitrogen and oxygen atoms in total. The largest absolute Gasteiger partial charge is 0.384 e. The minimum Gasteiger partial charge on any atom is -0.384 e. The van der Waals surface area contributed by atoms with Crippen LogP contribution in [0.25, 0.3) is 11.3 Å². The quantitative estimate of drug-likeness (QED) is 0.629. The normalized spacial score (nSPS) is 11.5. The summed E-state index contributed by atoms with van der Waals surface area (Å²) in [6, 6.07) is 9.33. The predicted octanol–water partition coefficient (Wildman–Crippen LogP) is 2.92. The number of nitrogens with zero attached hydrogens (tertiary/aromatic N) is 1. The van der Waals surface area contributed by atoms with E-state index in [1.54, 1.807) is 6.07 Å². The average molecular weight is 243 g/mol. The van der Waals surface area contributed by atoms with Gasteiger partial charge in [-0.25, -0.2) is 0 Å². The smallest absolute Gasteiger partial charge is 0.167 e. The lowest BCUT2D eigenvalue weighted by molar-refractivity contribution is 0.402. The molecule has 0 atom stereocenters. The molecule has 18 heavy (non-hydrogen) atoms. The predicted molar refractivity (Wildman–Crippen MR) is 71.7 cm³/mol. The first-order valence-corrected chi connectivity index (χ1v) is 5.80. The van der Waals surface area contributed by atoms with Gasteiger partial charge in [0.2, 0.25) is 0 Å². The summed E-state index contributed by atoms with van der Waals surface area (Å²) in [5, 5.41) is 11.5. The molecule has 4 heteroatoms. The Kier molecular flexibility index (Phi) is 2.95. The van der Waals surface area contributed by atoms with Gasteiger partial charge in [0.05, 0.1) is 5.69 Å². The van der Waals surface area contributed by atoms with Crippen molar-refractivity contribution < 1.29 is 4.52 Å². The summed E-state index contributed by atoms with van der Waals surface area (Å²) in [6.45, 7) is 6.25. The Balaban J connectivity index is 2.40. The molecule has 0 saturated carbocycles. The third kappa shape index (κ3) is 2.42. The number of rotatable bonds is 2.